The fourth-order valence-electron chi connectivity index (χ4n) is 1.34. The van der Waals surface area contributed by atoms with Crippen molar-refractivity contribution in [3.8, 4) is 0 Å². The summed E-state index contributed by atoms with van der Waals surface area (Å²) in [5, 5.41) is 0. The Balaban J connectivity index is 4.30. The van der Waals surface area contributed by atoms with Crippen LogP contribution in [-0.4, -0.2) is 17.5 Å². The van der Waals surface area contributed by atoms with Crippen molar-refractivity contribution in [1.29, 1.82) is 0 Å². The van der Waals surface area contributed by atoms with Crippen molar-refractivity contribution in [2.75, 3.05) is 0 Å². The van der Waals surface area contributed by atoms with Crippen LogP contribution in [0.1, 0.15) is 48.0 Å². The van der Waals surface area contributed by atoms with E-state index in [1.807, 2.05) is 34.6 Å². The minimum Gasteiger partial charge on any atom is -0.365 e. The predicted molar refractivity (Wildman–Crippen MR) is 54.8 cm³/mol. The second-order valence-corrected chi connectivity index (χ2v) is 4.37. The minimum atomic E-state index is -0.635. The quantitative estimate of drug-likeness (QED) is 0.660. The van der Waals surface area contributed by atoms with Crippen LogP contribution in [-0.2, 0) is 9.53 Å². The average molecular weight is 186 g/mol. The van der Waals surface area contributed by atoms with Gasteiger partial charge >= 0.3 is 0 Å². The number of Topliss-reactive ketones (excluding diaryl/α,β-unsaturated/α-hetero) is 1. The Bertz CT molecular complexity index is 171. The lowest BCUT2D eigenvalue weighted by atomic mass is 9.94. The number of hydrogen-bond donors (Lipinski definition) is 0. The first kappa shape index (κ1) is 12.6. The third kappa shape index (κ3) is 3.90. The fraction of sp³-hybridized carbons (Fsp3) is 0.909. The molecule has 0 aromatic carbocycles. The summed E-state index contributed by atoms with van der Waals surface area (Å²) in [5.41, 5.74) is -0.635. The summed E-state index contributed by atoms with van der Waals surface area (Å²) in [4.78, 5) is 11.7. The number of ether oxygens (including phenoxy) is 1. The maximum Gasteiger partial charge on any atom is 0.166 e. The molecule has 0 aromatic heterocycles. The molecule has 0 amide bonds. The van der Waals surface area contributed by atoms with Crippen molar-refractivity contribution in [2.45, 2.75) is 59.7 Å². The maximum absolute atomic E-state index is 11.7. The van der Waals surface area contributed by atoms with E-state index in [0.717, 1.165) is 6.42 Å². The normalized spacial score (nSPS) is 14.7. The molecule has 0 heterocycles. The second-order valence-electron chi connectivity index (χ2n) is 4.37. The smallest absolute Gasteiger partial charge is 0.166 e. The van der Waals surface area contributed by atoms with Gasteiger partial charge in [-0.2, -0.15) is 0 Å². The lowest BCUT2D eigenvalue weighted by molar-refractivity contribution is -0.149. The number of carbonyl (C=O) groups excluding carboxylic acids is 1. The van der Waals surface area contributed by atoms with Crippen molar-refractivity contribution in [1.82, 2.24) is 0 Å². The first-order chi connectivity index (χ1) is 5.81. The molecular formula is C11H22O2. The zero-order chi connectivity index (χ0) is 10.6. The molecular weight excluding hydrogens is 164 g/mol. The Kier molecular flexibility index (Phi) is 4.62. The first-order valence-corrected chi connectivity index (χ1v) is 5.03. The third-order valence-electron chi connectivity index (χ3n) is 2.19. The first-order valence-electron chi connectivity index (χ1n) is 5.03. The molecule has 0 bridgehead atoms. The van der Waals surface area contributed by atoms with Gasteiger partial charge < -0.3 is 4.74 Å². The van der Waals surface area contributed by atoms with Crippen LogP contribution < -0.4 is 0 Å². The third-order valence-corrected chi connectivity index (χ3v) is 2.19. The van der Waals surface area contributed by atoms with E-state index in [0.29, 0.717) is 0 Å². The predicted octanol–water partition coefficient (Wildman–Crippen LogP) is 2.81. The van der Waals surface area contributed by atoms with E-state index in [2.05, 4.69) is 6.92 Å². The van der Waals surface area contributed by atoms with Gasteiger partial charge in [-0.3, -0.25) is 4.79 Å². The number of ketones is 1. The number of hydrogen-bond acceptors (Lipinski definition) is 2. The molecule has 0 aliphatic rings. The highest BCUT2D eigenvalue weighted by Crippen LogP contribution is 2.19. The Morgan fingerprint density at radius 1 is 1.31 bits per heavy atom. The zero-order valence-corrected chi connectivity index (χ0v) is 9.68. The lowest BCUT2D eigenvalue weighted by Crippen LogP contribution is -2.40. The van der Waals surface area contributed by atoms with Gasteiger partial charge in [-0.15, -0.1) is 0 Å². The van der Waals surface area contributed by atoms with Crippen LogP contribution in [0.25, 0.3) is 0 Å². The zero-order valence-electron chi connectivity index (χ0n) is 9.68. The summed E-state index contributed by atoms with van der Waals surface area (Å²) in [6.45, 7) is 11.6. The lowest BCUT2D eigenvalue weighted by Gasteiger charge is -2.28. The molecule has 0 spiro atoms. The van der Waals surface area contributed by atoms with Crippen molar-refractivity contribution in [3.05, 3.63) is 0 Å². The molecule has 1 unspecified atom stereocenters. The van der Waals surface area contributed by atoms with Crippen LogP contribution in [0.5, 0.6) is 0 Å². The van der Waals surface area contributed by atoms with Gasteiger partial charge in [0.25, 0.3) is 0 Å². The monoisotopic (exact) mass is 186 g/mol. The topological polar surface area (TPSA) is 26.3 Å². The van der Waals surface area contributed by atoms with Gasteiger partial charge in [0, 0.05) is 5.92 Å². The molecule has 0 aliphatic heterocycles. The summed E-state index contributed by atoms with van der Waals surface area (Å²) in [6.07, 6.45) is 1.09. The second kappa shape index (κ2) is 4.75. The van der Waals surface area contributed by atoms with Crippen molar-refractivity contribution >= 4 is 5.78 Å². The molecule has 0 saturated carbocycles. The van der Waals surface area contributed by atoms with E-state index in [1.165, 1.54) is 0 Å². The van der Waals surface area contributed by atoms with Crippen LogP contribution in [0.4, 0.5) is 0 Å². The van der Waals surface area contributed by atoms with Crippen LogP contribution in [0.15, 0.2) is 0 Å². The maximum atomic E-state index is 11.7. The molecule has 0 aliphatic carbocycles. The fourth-order valence-corrected chi connectivity index (χ4v) is 1.34. The molecule has 0 saturated heterocycles. The number of carbonyl (C=O) groups is 1. The van der Waals surface area contributed by atoms with Gasteiger partial charge in [-0.25, -0.2) is 0 Å². The van der Waals surface area contributed by atoms with Crippen LogP contribution in [0, 0.1) is 5.92 Å². The Hall–Kier alpha value is -0.370. The minimum absolute atomic E-state index is 0.0408. The van der Waals surface area contributed by atoms with E-state index in [9.17, 15) is 4.79 Å². The van der Waals surface area contributed by atoms with Crippen LogP contribution in [0.3, 0.4) is 0 Å². The van der Waals surface area contributed by atoms with E-state index in [1.54, 1.807) is 0 Å². The Morgan fingerprint density at radius 3 is 2.08 bits per heavy atom. The molecule has 13 heavy (non-hydrogen) atoms. The van der Waals surface area contributed by atoms with Crippen molar-refractivity contribution in [2.24, 2.45) is 5.92 Å². The molecule has 2 heteroatoms. The molecule has 78 valence electrons. The van der Waals surface area contributed by atoms with Crippen LogP contribution >= 0.6 is 0 Å². The standard InChI is InChI=1S/C11H22O2/c1-7-9(4)13-11(5,6)10(12)8(2)3/h8-9H,7H2,1-6H3. The van der Waals surface area contributed by atoms with Gasteiger partial charge in [-0.1, -0.05) is 20.8 Å². The summed E-state index contributed by atoms with van der Waals surface area (Å²) < 4.78 is 5.66. The van der Waals surface area contributed by atoms with Crippen LogP contribution in [0.2, 0.25) is 0 Å². The highest BCUT2D eigenvalue weighted by atomic mass is 16.5. The summed E-state index contributed by atoms with van der Waals surface area (Å²) in [5.74, 6) is 0.215. The van der Waals surface area contributed by atoms with E-state index in [4.69, 9.17) is 4.74 Å². The largest absolute Gasteiger partial charge is 0.365 e. The molecule has 0 rings (SSSR count). The van der Waals surface area contributed by atoms with Gasteiger partial charge in [-0.05, 0) is 27.2 Å². The van der Waals surface area contributed by atoms with E-state index >= 15 is 0 Å². The highest BCUT2D eigenvalue weighted by Gasteiger charge is 2.31. The molecule has 0 radical (unpaired) electrons. The van der Waals surface area contributed by atoms with E-state index < -0.39 is 5.60 Å². The van der Waals surface area contributed by atoms with Crippen molar-refractivity contribution in [3.63, 3.8) is 0 Å². The highest BCUT2D eigenvalue weighted by molar-refractivity contribution is 5.88. The Morgan fingerprint density at radius 2 is 1.77 bits per heavy atom. The average Bonchev–Trinajstić information content (AvgIpc) is 2.01. The SMILES string of the molecule is CCC(C)OC(C)(C)C(=O)C(C)C. The molecule has 2 nitrogen and oxygen atoms in total. The molecule has 1 atom stereocenters. The van der Waals surface area contributed by atoms with Gasteiger partial charge in [0.15, 0.2) is 5.78 Å². The summed E-state index contributed by atoms with van der Waals surface area (Å²) >= 11 is 0. The van der Waals surface area contributed by atoms with Crippen molar-refractivity contribution < 1.29 is 9.53 Å². The summed E-state index contributed by atoms with van der Waals surface area (Å²) in [7, 11) is 0. The Labute approximate surface area is 81.7 Å². The summed E-state index contributed by atoms with van der Waals surface area (Å²) in [6, 6.07) is 0. The number of rotatable bonds is 5. The van der Waals surface area contributed by atoms with Gasteiger partial charge in [0.1, 0.15) is 5.60 Å². The molecule has 0 aromatic rings. The molecule has 0 fully saturated rings. The van der Waals surface area contributed by atoms with Gasteiger partial charge in [0.05, 0.1) is 6.10 Å². The van der Waals surface area contributed by atoms with E-state index in [-0.39, 0.29) is 17.8 Å². The van der Waals surface area contributed by atoms with Gasteiger partial charge in [0.2, 0.25) is 0 Å². The molecule has 0 N–H and O–H groups in total.